The molecule has 1 heterocycles. The van der Waals surface area contributed by atoms with Gasteiger partial charge in [0, 0.05) is 6.54 Å². The maximum Gasteiger partial charge on any atom is 0.0165 e. The molecule has 0 aromatic rings. The molecule has 0 unspecified atom stereocenters. The molecule has 1 nitrogen and oxygen atoms in total. The molecule has 1 heteroatoms. The molecule has 1 rings (SSSR count). The van der Waals surface area contributed by atoms with Crippen LogP contribution in [0.2, 0.25) is 0 Å². The van der Waals surface area contributed by atoms with Gasteiger partial charge in [-0.05, 0) is 39.3 Å². The summed E-state index contributed by atoms with van der Waals surface area (Å²) in [6.07, 6.45) is 6.37. The summed E-state index contributed by atoms with van der Waals surface area (Å²) in [4.78, 5) is 2.53. The fourth-order valence-electron chi connectivity index (χ4n) is 1.39. The van der Waals surface area contributed by atoms with Crippen molar-refractivity contribution in [2.75, 3.05) is 19.6 Å². The first-order chi connectivity index (χ1) is 5.33. The van der Waals surface area contributed by atoms with Gasteiger partial charge in [0.05, 0.1) is 0 Å². The molecule has 64 valence electrons. The highest BCUT2D eigenvalue weighted by atomic mass is 15.1. The van der Waals surface area contributed by atoms with Gasteiger partial charge in [0.2, 0.25) is 0 Å². The number of hydrogen-bond acceptors (Lipinski definition) is 1. The maximum atomic E-state index is 2.53. The molecule has 0 spiro atoms. The molecule has 0 aliphatic carbocycles. The van der Waals surface area contributed by atoms with Crippen LogP contribution in [0.5, 0.6) is 0 Å². The molecular formula is C10H19N. The predicted molar refractivity (Wildman–Crippen MR) is 49.7 cm³/mol. The Hall–Kier alpha value is -0.300. The van der Waals surface area contributed by atoms with E-state index in [1.54, 1.807) is 0 Å². The second-order valence-corrected chi connectivity index (χ2v) is 3.41. The number of nitrogens with zero attached hydrogens (tertiary/aromatic N) is 1. The van der Waals surface area contributed by atoms with Gasteiger partial charge in [0.1, 0.15) is 0 Å². The van der Waals surface area contributed by atoms with Crippen molar-refractivity contribution in [3.63, 3.8) is 0 Å². The van der Waals surface area contributed by atoms with E-state index in [1.807, 2.05) is 0 Å². The Kier molecular flexibility index (Phi) is 3.64. The number of allylic oxidation sites excluding steroid dienone is 1. The lowest BCUT2D eigenvalue weighted by Crippen LogP contribution is -2.18. The average Bonchev–Trinajstić information content (AvgIpc) is 2.52. The number of likely N-dealkylation sites (tertiary alicyclic amines) is 1. The first-order valence-electron chi connectivity index (χ1n) is 4.71. The van der Waals surface area contributed by atoms with E-state index in [9.17, 15) is 0 Å². The Balaban J connectivity index is 2.19. The molecule has 0 N–H and O–H groups in total. The third kappa shape index (κ3) is 3.06. The van der Waals surface area contributed by atoms with Crippen molar-refractivity contribution in [3.05, 3.63) is 11.6 Å². The molecule has 0 saturated carbocycles. The van der Waals surface area contributed by atoms with Gasteiger partial charge in [-0.3, -0.25) is 4.90 Å². The third-order valence-electron chi connectivity index (χ3n) is 2.45. The van der Waals surface area contributed by atoms with E-state index in [1.165, 1.54) is 44.5 Å². The molecule has 11 heavy (non-hydrogen) atoms. The summed E-state index contributed by atoms with van der Waals surface area (Å²) in [7, 11) is 0. The molecule has 0 amide bonds. The Morgan fingerprint density at radius 2 is 2.00 bits per heavy atom. The molecule has 1 aliphatic rings. The van der Waals surface area contributed by atoms with Crippen LogP contribution in [-0.2, 0) is 0 Å². The van der Waals surface area contributed by atoms with Crippen LogP contribution in [-0.4, -0.2) is 24.5 Å². The minimum Gasteiger partial charge on any atom is -0.300 e. The van der Waals surface area contributed by atoms with Gasteiger partial charge in [-0.1, -0.05) is 18.6 Å². The SMILES string of the molecule is CCC(C)=CCN1CCCC1. The van der Waals surface area contributed by atoms with Gasteiger partial charge >= 0.3 is 0 Å². The highest BCUT2D eigenvalue weighted by Crippen LogP contribution is 2.07. The second-order valence-electron chi connectivity index (χ2n) is 3.41. The van der Waals surface area contributed by atoms with Gasteiger partial charge < -0.3 is 0 Å². The van der Waals surface area contributed by atoms with E-state index in [0.29, 0.717) is 0 Å². The molecule has 0 bridgehead atoms. The van der Waals surface area contributed by atoms with E-state index >= 15 is 0 Å². The highest BCUT2D eigenvalue weighted by molar-refractivity contribution is 4.98. The molecule has 0 aromatic carbocycles. The molecule has 0 radical (unpaired) electrons. The van der Waals surface area contributed by atoms with Gasteiger partial charge in [-0.2, -0.15) is 0 Å². The van der Waals surface area contributed by atoms with Gasteiger partial charge in [0.25, 0.3) is 0 Å². The van der Waals surface area contributed by atoms with Crippen molar-refractivity contribution in [2.24, 2.45) is 0 Å². The number of hydrogen-bond donors (Lipinski definition) is 0. The monoisotopic (exact) mass is 153 g/mol. The van der Waals surface area contributed by atoms with Crippen LogP contribution in [0, 0.1) is 0 Å². The summed E-state index contributed by atoms with van der Waals surface area (Å²) in [6.45, 7) is 8.24. The molecule has 0 aromatic heterocycles. The Morgan fingerprint density at radius 3 is 2.55 bits per heavy atom. The van der Waals surface area contributed by atoms with Crippen LogP contribution in [0.25, 0.3) is 0 Å². The van der Waals surface area contributed by atoms with Crippen molar-refractivity contribution < 1.29 is 0 Å². The van der Waals surface area contributed by atoms with Crippen molar-refractivity contribution >= 4 is 0 Å². The molecule has 1 saturated heterocycles. The van der Waals surface area contributed by atoms with Crippen LogP contribution >= 0.6 is 0 Å². The fraction of sp³-hybridized carbons (Fsp3) is 0.800. The van der Waals surface area contributed by atoms with Gasteiger partial charge in [-0.15, -0.1) is 0 Å². The normalized spacial score (nSPS) is 21.1. The lowest BCUT2D eigenvalue weighted by molar-refractivity contribution is 0.376. The summed E-state index contributed by atoms with van der Waals surface area (Å²) in [5, 5.41) is 0. The van der Waals surface area contributed by atoms with Crippen LogP contribution in [0.1, 0.15) is 33.1 Å². The maximum absolute atomic E-state index is 2.53. The van der Waals surface area contributed by atoms with E-state index in [-0.39, 0.29) is 0 Å². The molecule has 1 aliphatic heterocycles. The van der Waals surface area contributed by atoms with Crippen molar-refractivity contribution in [3.8, 4) is 0 Å². The van der Waals surface area contributed by atoms with Crippen molar-refractivity contribution in [1.82, 2.24) is 4.90 Å². The zero-order valence-electron chi connectivity index (χ0n) is 7.77. The lowest BCUT2D eigenvalue weighted by Gasteiger charge is -2.11. The third-order valence-corrected chi connectivity index (χ3v) is 2.45. The topological polar surface area (TPSA) is 3.24 Å². The smallest absolute Gasteiger partial charge is 0.0165 e. The lowest BCUT2D eigenvalue weighted by atomic mass is 10.2. The second kappa shape index (κ2) is 4.55. The minimum absolute atomic E-state index is 1.18. The summed E-state index contributed by atoms with van der Waals surface area (Å²) in [5.74, 6) is 0. The minimum atomic E-state index is 1.18. The molecule has 1 fully saturated rings. The first-order valence-corrected chi connectivity index (χ1v) is 4.71. The zero-order valence-corrected chi connectivity index (χ0v) is 7.77. The summed E-state index contributed by atoms with van der Waals surface area (Å²) >= 11 is 0. The van der Waals surface area contributed by atoms with Gasteiger partial charge in [0.15, 0.2) is 0 Å². The standard InChI is InChI=1S/C10H19N/c1-3-10(2)6-9-11-7-4-5-8-11/h6H,3-5,7-9H2,1-2H3. The predicted octanol–water partition coefficient (Wildman–Crippen LogP) is 2.44. The highest BCUT2D eigenvalue weighted by Gasteiger charge is 2.08. The largest absolute Gasteiger partial charge is 0.300 e. The van der Waals surface area contributed by atoms with E-state index in [2.05, 4.69) is 24.8 Å². The van der Waals surface area contributed by atoms with Gasteiger partial charge in [-0.25, -0.2) is 0 Å². The van der Waals surface area contributed by atoms with Crippen LogP contribution in [0.4, 0.5) is 0 Å². The number of rotatable bonds is 3. The molecule has 0 atom stereocenters. The van der Waals surface area contributed by atoms with Crippen molar-refractivity contribution in [2.45, 2.75) is 33.1 Å². The molecular weight excluding hydrogens is 134 g/mol. The van der Waals surface area contributed by atoms with Crippen LogP contribution < -0.4 is 0 Å². The quantitative estimate of drug-likeness (QED) is 0.563. The summed E-state index contributed by atoms with van der Waals surface area (Å²) < 4.78 is 0. The Morgan fingerprint density at radius 1 is 1.36 bits per heavy atom. The van der Waals surface area contributed by atoms with Crippen LogP contribution in [0.3, 0.4) is 0 Å². The Labute approximate surface area is 70.1 Å². The van der Waals surface area contributed by atoms with E-state index in [0.717, 1.165) is 0 Å². The average molecular weight is 153 g/mol. The van der Waals surface area contributed by atoms with E-state index < -0.39 is 0 Å². The zero-order chi connectivity index (χ0) is 8.10. The van der Waals surface area contributed by atoms with Crippen molar-refractivity contribution in [1.29, 1.82) is 0 Å². The van der Waals surface area contributed by atoms with E-state index in [4.69, 9.17) is 0 Å². The Bertz CT molecular complexity index is 132. The summed E-state index contributed by atoms with van der Waals surface area (Å²) in [5.41, 5.74) is 1.52. The first kappa shape index (κ1) is 8.79. The van der Waals surface area contributed by atoms with Crippen LogP contribution in [0.15, 0.2) is 11.6 Å². The summed E-state index contributed by atoms with van der Waals surface area (Å²) in [6, 6.07) is 0. The fourth-order valence-corrected chi connectivity index (χ4v) is 1.39.